The van der Waals surface area contributed by atoms with E-state index in [1.165, 1.54) is 6.20 Å². The fourth-order valence-electron chi connectivity index (χ4n) is 3.90. The van der Waals surface area contributed by atoms with Gasteiger partial charge in [-0.05, 0) is 49.9 Å². The summed E-state index contributed by atoms with van der Waals surface area (Å²) >= 11 is 12.3. The lowest BCUT2D eigenvalue weighted by atomic mass is 10.1. The Hall–Kier alpha value is -3.75. The number of nitrogens with zero attached hydrogens (tertiary/aromatic N) is 3. The van der Waals surface area contributed by atoms with Crippen molar-refractivity contribution in [2.24, 2.45) is 0 Å². The molecule has 0 atom stereocenters. The zero-order valence-electron chi connectivity index (χ0n) is 21.6. The molecule has 0 spiro atoms. The van der Waals surface area contributed by atoms with Gasteiger partial charge in [0.1, 0.15) is 16.5 Å². The second-order valence-corrected chi connectivity index (χ2v) is 9.99. The van der Waals surface area contributed by atoms with Crippen LogP contribution in [0.3, 0.4) is 0 Å². The topological polar surface area (TPSA) is 95.7 Å². The van der Waals surface area contributed by atoms with E-state index in [-0.39, 0.29) is 18.4 Å². The van der Waals surface area contributed by atoms with Gasteiger partial charge in [-0.15, -0.1) is 5.10 Å². The number of aryl methyl sites for hydroxylation is 1. The Morgan fingerprint density at radius 1 is 1.05 bits per heavy atom. The first kappa shape index (κ1) is 28.3. The summed E-state index contributed by atoms with van der Waals surface area (Å²) in [5.41, 5.74) is 2.49. The summed E-state index contributed by atoms with van der Waals surface area (Å²) in [4.78, 5) is 15.6. The molecule has 0 aliphatic rings. The molecule has 8 nitrogen and oxygen atoms in total. The Kier molecular flexibility index (Phi) is 9.68. The van der Waals surface area contributed by atoms with Crippen LogP contribution in [0.1, 0.15) is 37.0 Å². The molecule has 0 amide bonds. The van der Waals surface area contributed by atoms with Crippen molar-refractivity contribution in [3.8, 4) is 23.3 Å². The number of carbonyl (C=O) groups is 1. The van der Waals surface area contributed by atoms with Crippen molar-refractivity contribution in [1.82, 2.24) is 14.8 Å². The largest absolute Gasteiger partial charge is 0.491 e. The molecule has 2 aromatic heterocycles. The van der Waals surface area contributed by atoms with Gasteiger partial charge in [0.2, 0.25) is 11.8 Å². The van der Waals surface area contributed by atoms with Crippen LogP contribution in [-0.2, 0) is 24.2 Å². The first-order chi connectivity index (χ1) is 18.8. The van der Waals surface area contributed by atoms with Crippen molar-refractivity contribution in [3.63, 3.8) is 0 Å². The Morgan fingerprint density at radius 2 is 1.85 bits per heavy atom. The van der Waals surface area contributed by atoms with Crippen molar-refractivity contribution in [3.05, 3.63) is 93.7 Å². The van der Waals surface area contributed by atoms with Crippen molar-refractivity contribution >= 4 is 29.2 Å². The summed E-state index contributed by atoms with van der Waals surface area (Å²) in [5.74, 6) is 0.833. The summed E-state index contributed by atoms with van der Waals surface area (Å²) < 4.78 is 19.5. The summed E-state index contributed by atoms with van der Waals surface area (Å²) in [6.07, 6.45) is 4.25. The molecule has 0 unspecified atom stereocenters. The van der Waals surface area contributed by atoms with Crippen LogP contribution in [0.25, 0.3) is 0 Å². The number of halogens is 2. The molecule has 0 fully saturated rings. The fourth-order valence-corrected chi connectivity index (χ4v) is 4.32. The highest BCUT2D eigenvalue weighted by atomic mass is 35.5. The molecule has 4 aromatic rings. The molecule has 0 radical (unpaired) electrons. The van der Waals surface area contributed by atoms with Crippen LogP contribution in [0.4, 0.5) is 0 Å². The third-order valence-electron chi connectivity index (χ3n) is 5.55. The Bertz CT molecular complexity index is 1410. The van der Waals surface area contributed by atoms with E-state index in [0.717, 1.165) is 11.1 Å². The third kappa shape index (κ3) is 8.37. The molecule has 0 aliphatic carbocycles. The van der Waals surface area contributed by atoms with Crippen molar-refractivity contribution in [2.45, 2.75) is 45.8 Å². The standard InChI is InChI=1S/C29H29Cl2N3O5/c1-19(2)38-24-11-10-21(26(15-24)39-29-25(31)14-23(30)16-32-29)9-6-12-37-28-22(13-27(35)36)18-34(33-28)17-20-7-4-3-5-8-20/h3-5,7-8,10-11,14-16,18-19H,6,9,12-13,17H2,1-2H3,(H,35,36). The average Bonchev–Trinajstić information content (AvgIpc) is 3.24. The van der Waals surface area contributed by atoms with Gasteiger partial charge < -0.3 is 19.3 Å². The van der Waals surface area contributed by atoms with E-state index in [9.17, 15) is 9.90 Å². The number of rotatable bonds is 13. The molecule has 1 N–H and O–H groups in total. The van der Waals surface area contributed by atoms with Gasteiger partial charge in [-0.1, -0.05) is 59.6 Å². The molecule has 0 aliphatic heterocycles. The highest BCUT2D eigenvalue weighted by Gasteiger charge is 2.16. The lowest BCUT2D eigenvalue weighted by molar-refractivity contribution is -0.136. The van der Waals surface area contributed by atoms with Crippen molar-refractivity contribution < 1.29 is 24.1 Å². The van der Waals surface area contributed by atoms with Crippen molar-refractivity contribution in [1.29, 1.82) is 0 Å². The molecule has 10 heteroatoms. The predicted molar refractivity (Wildman–Crippen MR) is 149 cm³/mol. The minimum absolute atomic E-state index is 0.00367. The molecular weight excluding hydrogens is 541 g/mol. The Balaban J connectivity index is 1.44. The number of hydrogen-bond donors (Lipinski definition) is 1. The van der Waals surface area contributed by atoms with E-state index in [1.54, 1.807) is 23.0 Å². The molecule has 0 saturated heterocycles. The van der Waals surface area contributed by atoms with Gasteiger partial charge in [-0.25, -0.2) is 4.98 Å². The quantitative estimate of drug-likeness (QED) is 0.176. The number of carboxylic acid groups (broad SMARTS) is 1. The Morgan fingerprint density at radius 3 is 2.56 bits per heavy atom. The molecule has 2 aromatic carbocycles. The van der Waals surface area contributed by atoms with Gasteiger partial charge in [0.15, 0.2) is 0 Å². The van der Waals surface area contributed by atoms with E-state index in [1.807, 2.05) is 56.3 Å². The molecule has 0 saturated carbocycles. The minimum atomic E-state index is -0.945. The normalized spacial score (nSPS) is 11.0. The van der Waals surface area contributed by atoms with Gasteiger partial charge in [0.05, 0.1) is 30.7 Å². The van der Waals surface area contributed by atoms with E-state index in [0.29, 0.717) is 59.0 Å². The number of pyridine rings is 1. The summed E-state index contributed by atoms with van der Waals surface area (Å²) in [7, 11) is 0. The maximum absolute atomic E-state index is 11.4. The van der Waals surface area contributed by atoms with Crippen LogP contribution in [-0.4, -0.2) is 38.6 Å². The lowest BCUT2D eigenvalue weighted by Gasteiger charge is -2.15. The first-order valence-corrected chi connectivity index (χ1v) is 13.3. The van der Waals surface area contributed by atoms with Crippen LogP contribution in [0.5, 0.6) is 23.3 Å². The number of aliphatic carboxylic acids is 1. The molecule has 39 heavy (non-hydrogen) atoms. The highest BCUT2D eigenvalue weighted by Crippen LogP contribution is 2.34. The number of hydrogen-bond acceptors (Lipinski definition) is 6. The number of ether oxygens (including phenoxy) is 3. The van der Waals surface area contributed by atoms with Crippen molar-refractivity contribution in [2.75, 3.05) is 6.61 Å². The van der Waals surface area contributed by atoms with Gasteiger partial charge in [-0.2, -0.15) is 0 Å². The van der Waals surface area contributed by atoms with Crippen LogP contribution in [0.2, 0.25) is 10.0 Å². The fraction of sp³-hybridized carbons (Fsp3) is 0.276. The molecule has 0 bridgehead atoms. The molecule has 204 valence electrons. The molecular formula is C29H29Cl2N3O5. The van der Waals surface area contributed by atoms with E-state index in [4.69, 9.17) is 37.4 Å². The van der Waals surface area contributed by atoms with Gasteiger partial charge >= 0.3 is 5.97 Å². The van der Waals surface area contributed by atoms with Gasteiger partial charge in [-0.3, -0.25) is 9.48 Å². The van der Waals surface area contributed by atoms with E-state index < -0.39 is 5.97 Å². The maximum Gasteiger partial charge on any atom is 0.308 e. The zero-order valence-corrected chi connectivity index (χ0v) is 23.2. The monoisotopic (exact) mass is 569 g/mol. The zero-order chi connectivity index (χ0) is 27.8. The molecule has 2 heterocycles. The summed E-state index contributed by atoms with van der Waals surface area (Å²) in [6, 6.07) is 17.0. The second kappa shape index (κ2) is 13.4. The first-order valence-electron chi connectivity index (χ1n) is 12.5. The lowest BCUT2D eigenvalue weighted by Crippen LogP contribution is -2.07. The van der Waals surface area contributed by atoms with E-state index in [2.05, 4.69) is 10.1 Å². The SMILES string of the molecule is CC(C)Oc1ccc(CCCOc2nn(Cc3ccccc3)cc2CC(=O)O)c(Oc2ncc(Cl)cc2Cl)c1. The third-order valence-corrected chi connectivity index (χ3v) is 6.03. The average molecular weight is 570 g/mol. The number of carboxylic acids is 1. The Labute approximate surface area is 237 Å². The summed E-state index contributed by atoms with van der Waals surface area (Å²) in [6.45, 7) is 4.74. The van der Waals surface area contributed by atoms with Gasteiger partial charge in [0.25, 0.3) is 0 Å². The summed E-state index contributed by atoms with van der Waals surface area (Å²) in [5, 5.41) is 14.5. The van der Waals surface area contributed by atoms with Gasteiger partial charge in [0, 0.05) is 24.0 Å². The van der Waals surface area contributed by atoms with E-state index >= 15 is 0 Å². The number of aromatic nitrogens is 3. The smallest absolute Gasteiger partial charge is 0.308 e. The van der Waals surface area contributed by atoms with Crippen LogP contribution >= 0.6 is 23.2 Å². The minimum Gasteiger partial charge on any atom is -0.491 e. The van der Waals surface area contributed by atoms with Crippen LogP contribution < -0.4 is 14.2 Å². The van der Waals surface area contributed by atoms with Crippen LogP contribution in [0, 0.1) is 0 Å². The highest BCUT2D eigenvalue weighted by molar-refractivity contribution is 6.35. The number of benzene rings is 2. The van der Waals surface area contributed by atoms with Crippen LogP contribution in [0.15, 0.2) is 67.0 Å². The maximum atomic E-state index is 11.4. The molecule has 4 rings (SSSR count). The second-order valence-electron chi connectivity index (χ2n) is 9.14. The predicted octanol–water partition coefficient (Wildman–Crippen LogP) is 6.85.